The predicted molar refractivity (Wildman–Crippen MR) is 101 cm³/mol. The van der Waals surface area contributed by atoms with Gasteiger partial charge in [0.15, 0.2) is 0 Å². The molecule has 0 aliphatic carbocycles. The van der Waals surface area contributed by atoms with E-state index in [-0.39, 0.29) is 31.3 Å². The second-order valence-corrected chi connectivity index (χ2v) is 6.61. The second kappa shape index (κ2) is 9.02. The van der Waals surface area contributed by atoms with Gasteiger partial charge in [0.25, 0.3) is 0 Å². The van der Waals surface area contributed by atoms with Gasteiger partial charge in [0, 0.05) is 38.1 Å². The van der Waals surface area contributed by atoms with Crippen LogP contribution in [0.5, 0.6) is 0 Å². The number of nitriles is 2. The molecule has 0 radical (unpaired) electrons. The Morgan fingerprint density at radius 3 is 2.41 bits per heavy atom. The summed E-state index contributed by atoms with van der Waals surface area (Å²) in [5.74, 6) is -0.0264. The lowest BCUT2D eigenvalue weighted by Crippen LogP contribution is -2.46. The van der Waals surface area contributed by atoms with Gasteiger partial charge in [-0.15, -0.1) is 0 Å². The van der Waals surface area contributed by atoms with Crippen LogP contribution in [0.2, 0.25) is 0 Å². The van der Waals surface area contributed by atoms with Crippen LogP contribution in [0.4, 0.5) is 0 Å². The van der Waals surface area contributed by atoms with Gasteiger partial charge in [0.1, 0.15) is 0 Å². The fourth-order valence-electron chi connectivity index (χ4n) is 3.62. The van der Waals surface area contributed by atoms with E-state index in [0.29, 0.717) is 13.1 Å². The van der Waals surface area contributed by atoms with Gasteiger partial charge in [-0.25, -0.2) is 0 Å². The molecule has 1 unspecified atom stereocenters. The summed E-state index contributed by atoms with van der Waals surface area (Å²) >= 11 is 0. The third kappa shape index (κ3) is 4.36. The van der Waals surface area contributed by atoms with Crippen LogP contribution < -0.4 is 0 Å². The summed E-state index contributed by atoms with van der Waals surface area (Å²) < 4.78 is 2.24. The average molecular weight is 361 g/mol. The van der Waals surface area contributed by atoms with Crippen molar-refractivity contribution in [1.29, 1.82) is 10.5 Å². The molecule has 138 valence electrons. The van der Waals surface area contributed by atoms with Crippen molar-refractivity contribution in [1.82, 2.24) is 14.4 Å². The zero-order chi connectivity index (χ0) is 19.1. The highest BCUT2D eigenvalue weighted by atomic mass is 16.2. The van der Waals surface area contributed by atoms with Gasteiger partial charge in [-0.05, 0) is 17.7 Å². The van der Waals surface area contributed by atoms with Crippen molar-refractivity contribution in [3.63, 3.8) is 0 Å². The van der Waals surface area contributed by atoms with Crippen LogP contribution in [-0.2, 0) is 11.3 Å². The van der Waals surface area contributed by atoms with Gasteiger partial charge >= 0.3 is 0 Å². The van der Waals surface area contributed by atoms with Crippen LogP contribution in [-0.4, -0.2) is 46.5 Å². The van der Waals surface area contributed by atoms with E-state index >= 15 is 0 Å². The molecule has 1 amide bonds. The molecule has 1 aliphatic heterocycles. The van der Waals surface area contributed by atoms with Gasteiger partial charge in [0.05, 0.1) is 37.6 Å². The Bertz CT molecular complexity index is 827. The molecule has 1 aromatic heterocycles. The molecular weight excluding hydrogens is 338 g/mol. The van der Waals surface area contributed by atoms with E-state index in [4.69, 9.17) is 10.5 Å². The number of amides is 1. The number of benzene rings is 1. The number of rotatable bonds is 7. The highest BCUT2D eigenvalue weighted by Gasteiger charge is 2.30. The minimum absolute atomic E-state index is 0.0210. The lowest BCUT2D eigenvalue weighted by atomic mass is 10.00. The van der Waals surface area contributed by atoms with E-state index in [0.717, 1.165) is 18.7 Å². The first-order valence-electron chi connectivity index (χ1n) is 9.20. The first-order valence-corrected chi connectivity index (χ1v) is 9.20. The molecule has 1 aromatic carbocycles. The van der Waals surface area contributed by atoms with E-state index in [9.17, 15) is 4.79 Å². The van der Waals surface area contributed by atoms with Crippen molar-refractivity contribution in [2.24, 2.45) is 0 Å². The molecule has 0 spiro atoms. The summed E-state index contributed by atoms with van der Waals surface area (Å²) in [6.45, 7) is 2.64. The van der Waals surface area contributed by atoms with Crippen molar-refractivity contribution in [3.05, 3.63) is 59.9 Å². The van der Waals surface area contributed by atoms with Gasteiger partial charge < -0.3 is 9.47 Å². The molecule has 0 fully saturated rings. The Labute approximate surface area is 159 Å². The average Bonchev–Trinajstić information content (AvgIpc) is 3.17. The third-order valence-corrected chi connectivity index (χ3v) is 4.93. The highest BCUT2D eigenvalue weighted by Crippen LogP contribution is 2.32. The second-order valence-electron chi connectivity index (χ2n) is 6.61. The van der Waals surface area contributed by atoms with Crippen LogP contribution in [0.1, 0.15) is 30.1 Å². The smallest absolute Gasteiger partial charge is 0.236 e. The summed E-state index contributed by atoms with van der Waals surface area (Å²) in [5.41, 5.74) is 2.34. The quantitative estimate of drug-likeness (QED) is 0.759. The number of hydrogen-bond acceptors (Lipinski definition) is 4. The Morgan fingerprint density at radius 1 is 1.04 bits per heavy atom. The topological polar surface area (TPSA) is 76.1 Å². The molecule has 2 aromatic rings. The molecule has 2 heterocycles. The number of hydrogen-bond donors (Lipinski definition) is 0. The molecule has 0 bridgehead atoms. The summed E-state index contributed by atoms with van der Waals surface area (Å²) in [5, 5.41) is 17.7. The maximum absolute atomic E-state index is 12.9. The van der Waals surface area contributed by atoms with Crippen molar-refractivity contribution < 1.29 is 4.79 Å². The Kier molecular flexibility index (Phi) is 6.25. The molecule has 1 atom stereocenters. The molecule has 0 saturated heterocycles. The van der Waals surface area contributed by atoms with E-state index < -0.39 is 0 Å². The molecule has 27 heavy (non-hydrogen) atoms. The summed E-state index contributed by atoms with van der Waals surface area (Å²) in [6.07, 6.45) is 2.64. The van der Waals surface area contributed by atoms with E-state index in [1.54, 1.807) is 4.90 Å². The first-order chi connectivity index (χ1) is 13.2. The zero-order valence-corrected chi connectivity index (χ0v) is 15.3. The van der Waals surface area contributed by atoms with Crippen LogP contribution >= 0.6 is 0 Å². The minimum atomic E-state index is -0.0264. The Balaban J connectivity index is 1.80. The normalized spacial score (nSPS) is 16.1. The Hall–Kier alpha value is -3.09. The van der Waals surface area contributed by atoms with Crippen molar-refractivity contribution in [3.8, 4) is 12.1 Å². The summed E-state index contributed by atoms with van der Waals surface area (Å²) in [6, 6.07) is 18.6. The molecule has 0 saturated carbocycles. The van der Waals surface area contributed by atoms with Gasteiger partial charge in [-0.1, -0.05) is 30.3 Å². The number of carbonyl (C=O) groups is 1. The van der Waals surface area contributed by atoms with Gasteiger partial charge in [-0.2, -0.15) is 10.5 Å². The van der Waals surface area contributed by atoms with E-state index in [2.05, 4.69) is 46.0 Å². The van der Waals surface area contributed by atoms with Crippen LogP contribution in [0.3, 0.4) is 0 Å². The SMILES string of the molecule is N#CCCN(CCC#N)C(=O)CN1CCn2cccc2C1c1ccccc1. The van der Waals surface area contributed by atoms with Crippen LogP contribution in [0, 0.1) is 22.7 Å². The van der Waals surface area contributed by atoms with Crippen molar-refractivity contribution in [2.45, 2.75) is 25.4 Å². The number of aromatic nitrogens is 1. The van der Waals surface area contributed by atoms with Crippen LogP contribution in [0.15, 0.2) is 48.7 Å². The Morgan fingerprint density at radius 2 is 1.74 bits per heavy atom. The monoisotopic (exact) mass is 361 g/mol. The predicted octanol–water partition coefficient (Wildman–Crippen LogP) is 2.55. The minimum Gasteiger partial charge on any atom is -0.348 e. The van der Waals surface area contributed by atoms with Crippen molar-refractivity contribution in [2.75, 3.05) is 26.2 Å². The highest BCUT2D eigenvalue weighted by molar-refractivity contribution is 5.78. The molecule has 3 rings (SSSR count). The third-order valence-electron chi connectivity index (χ3n) is 4.93. The zero-order valence-electron chi connectivity index (χ0n) is 15.3. The number of carbonyl (C=O) groups excluding carboxylic acids is 1. The fraction of sp³-hybridized carbons (Fsp3) is 0.381. The first kappa shape index (κ1) is 18.7. The molecule has 6 nitrogen and oxygen atoms in total. The molecule has 0 N–H and O–H groups in total. The fourth-order valence-corrected chi connectivity index (χ4v) is 3.62. The molecule has 6 heteroatoms. The lowest BCUT2D eigenvalue weighted by Gasteiger charge is -2.38. The number of fused-ring (bicyclic) bond motifs is 1. The maximum Gasteiger partial charge on any atom is 0.236 e. The van der Waals surface area contributed by atoms with Gasteiger partial charge in [-0.3, -0.25) is 9.69 Å². The van der Waals surface area contributed by atoms with E-state index in [1.807, 2.05) is 24.3 Å². The van der Waals surface area contributed by atoms with Crippen molar-refractivity contribution >= 4 is 5.91 Å². The standard InChI is InChI=1S/C21H23N5O/c22-10-5-13-25(14-6-11-23)20(27)17-26-16-15-24-12-4-9-19(24)21(26)18-7-2-1-3-8-18/h1-4,7-9,12,21H,5-6,13-17H2. The number of nitrogens with zero attached hydrogens (tertiary/aromatic N) is 5. The summed E-state index contributed by atoms with van der Waals surface area (Å²) in [4.78, 5) is 16.7. The van der Waals surface area contributed by atoms with Gasteiger partial charge in [0.2, 0.25) is 5.91 Å². The summed E-state index contributed by atoms with van der Waals surface area (Å²) in [7, 11) is 0. The van der Waals surface area contributed by atoms with E-state index in [1.165, 1.54) is 5.69 Å². The largest absolute Gasteiger partial charge is 0.348 e. The lowest BCUT2D eigenvalue weighted by molar-refractivity contribution is -0.133. The molecule has 1 aliphatic rings. The molecular formula is C21H23N5O. The maximum atomic E-state index is 12.9. The van der Waals surface area contributed by atoms with Crippen LogP contribution in [0.25, 0.3) is 0 Å².